The summed E-state index contributed by atoms with van der Waals surface area (Å²) < 4.78 is 0. The van der Waals surface area contributed by atoms with E-state index < -0.39 is 18.0 Å². The Kier molecular flexibility index (Phi) is 3.09. The highest BCUT2D eigenvalue weighted by Gasteiger charge is 2.51. The fourth-order valence-electron chi connectivity index (χ4n) is 2.01. The quantitative estimate of drug-likeness (QED) is 0.818. The van der Waals surface area contributed by atoms with Crippen LogP contribution in [0.2, 0.25) is 0 Å². The van der Waals surface area contributed by atoms with Crippen molar-refractivity contribution in [1.29, 1.82) is 0 Å². The third-order valence-electron chi connectivity index (χ3n) is 3.33. The number of carbonyl (C=O) groups is 2. The van der Waals surface area contributed by atoms with Crippen LogP contribution in [0.5, 0.6) is 0 Å². The number of hydrogen-bond acceptors (Lipinski definition) is 3. The van der Waals surface area contributed by atoms with Gasteiger partial charge >= 0.3 is 5.97 Å². The van der Waals surface area contributed by atoms with Gasteiger partial charge in [0, 0.05) is 18.7 Å². The van der Waals surface area contributed by atoms with Gasteiger partial charge in [-0.15, -0.1) is 0 Å². The number of nitrogens with zero attached hydrogens (tertiary/aromatic N) is 1. The van der Waals surface area contributed by atoms with Gasteiger partial charge in [0.05, 0.1) is 6.61 Å². The predicted molar refractivity (Wildman–Crippen MR) is 64.2 cm³/mol. The molecule has 1 aliphatic rings. The van der Waals surface area contributed by atoms with Crippen LogP contribution in [0.4, 0.5) is 0 Å². The van der Waals surface area contributed by atoms with Crippen molar-refractivity contribution < 1.29 is 19.8 Å². The summed E-state index contributed by atoms with van der Waals surface area (Å²) in [4.78, 5) is 24.4. The number of rotatable bonds is 3. The van der Waals surface area contributed by atoms with Crippen LogP contribution in [0.3, 0.4) is 0 Å². The second-order valence-electron chi connectivity index (χ2n) is 4.77. The number of amides is 1. The number of benzene rings is 1. The Balaban J connectivity index is 2.06. The van der Waals surface area contributed by atoms with Crippen molar-refractivity contribution >= 4 is 11.9 Å². The van der Waals surface area contributed by atoms with Gasteiger partial charge in [-0.3, -0.25) is 9.59 Å². The minimum Gasteiger partial charge on any atom is -0.481 e. The number of likely N-dealkylation sites (tertiary alicyclic amines) is 1. The van der Waals surface area contributed by atoms with Crippen LogP contribution in [0, 0.1) is 12.3 Å². The van der Waals surface area contributed by atoms with Gasteiger partial charge in [0.15, 0.2) is 0 Å². The molecule has 96 valence electrons. The van der Waals surface area contributed by atoms with Crippen molar-refractivity contribution in [3.63, 3.8) is 0 Å². The van der Waals surface area contributed by atoms with Gasteiger partial charge in [-0.25, -0.2) is 0 Å². The second-order valence-corrected chi connectivity index (χ2v) is 4.77. The standard InChI is InChI=1S/C13H15NO4/c1-9-2-4-10(5-3-9)11(16)14-6-13(7-14,8-15)12(17)18/h2-5,15H,6-8H2,1H3,(H,17,18). The molecule has 1 aliphatic heterocycles. The molecule has 18 heavy (non-hydrogen) atoms. The lowest BCUT2D eigenvalue weighted by Gasteiger charge is -2.45. The Bertz CT molecular complexity index is 474. The molecule has 2 N–H and O–H groups in total. The third kappa shape index (κ3) is 1.97. The number of aryl methyl sites for hydroxylation is 1. The molecule has 1 heterocycles. The summed E-state index contributed by atoms with van der Waals surface area (Å²) in [5.41, 5.74) is 0.420. The Morgan fingerprint density at radius 1 is 1.28 bits per heavy atom. The molecule has 0 radical (unpaired) electrons. The SMILES string of the molecule is Cc1ccc(C(=O)N2CC(CO)(C(=O)O)C2)cc1. The van der Waals surface area contributed by atoms with Crippen molar-refractivity contribution in [2.24, 2.45) is 5.41 Å². The molecule has 0 aromatic heterocycles. The van der Waals surface area contributed by atoms with Crippen molar-refractivity contribution in [3.8, 4) is 0 Å². The molecule has 1 aromatic carbocycles. The highest BCUT2D eigenvalue weighted by molar-refractivity contribution is 5.96. The lowest BCUT2D eigenvalue weighted by molar-refractivity contribution is -0.162. The molecule has 0 aliphatic carbocycles. The summed E-state index contributed by atoms with van der Waals surface area (Å²) in [6.45, 7) is 1.61. The zero-order valence-corrected chi connectivity index (χ0v) is 10.1. The van der Waals surface area contributed by atoms with Crippen LogP contribution >= 0.6 is 0 Å². The first-order chi connectivity index (χ1) is 8.48. The molecular weight excluding hydrogens is 234 g/mol. The van der Waals surface area contributed by atoms with E-state index in [0.717, 1.165) is 5.56 Å². The molecule has 1 aromatic rings. The molecule has 5 heteroatoms. The molecule has 0 saturated carbocycles. The highest BCUT2D eigenvalue weighted by Crippen LogP contribution is 2.31. The van der Waals surface area contributed by atoms with Crippen LogP contribution in [0.25, 0.3) is 0 Å². The number of aliphatic hydroxyl groups excluding tert-OH is 1. The van der Waals surface area contributed by atoms with Gasteiger partial charge in [0.25, 0.3) is 5.91 Å². The summed E-state index contributed by atoms with van der Waals surface area (Å²) in [5.74, 6) is -1.25. The zero-order valence-electron chi connectivity index (χ0n) is 10.1. The lowest BCUT2D eigenvalue weighted by atomic mass is 9.80. The van der Waals surface area contributed by atoms with Crippen LogP contribution in [-0.4, -0.2) is 46.7 Å². The maximum Gasteiger partial charge on any atom is 0.315 e. The Morgan fingerprint density at radius 3 is 2.28 bits per heavy atom. The highest BCUT2D eigenvalue weighted by atomic mass is 16.4. The van der Waals surface area contributed by atoms with Crippen molar-refractivity contribution in [2.75, 3.05) is 19.7 Å². The molecule has 0 bridgehead atoms. The Morgan fingerprint density at radius 2 is 1.83 bits per heavy atom. The number of carboxylic acids is 1. The van der Waals surface area contributed by atoms with Crippen molar-refractivity contribution in [3.05, 3.63) is 35.4 Å². The lowest BCUT2D eigenvalue weighted by Crippen LogP contribution is -2.63. The largest absolute Gasteiger partial charge is 0.481 e. The maximum absolute atomic E-state index is 12.0. The van der Waals surface area contributed by atoms with E-state index in [2.05, 4.69) is 0 Å². The van der Waals surface area contributed by atoms with E-state index in [1.807, 2.05) is 19.1 Å². The topological polar surface area (TPSA) is 77.8 Å². The summed E-state index contributed by atoms with van der Waals surface area (Å²) in [6, 6.07) is 7.11. The minimum absolute atomic E-state index is 0.0611. The molecule has 5 nitrogen and oxygen atoms in total. The zero-order chi connectivity index (χ0) is 13.3. The first-order valence-electron chi connectivity index (χ1n) is 5.69. The molecule has 0 unspecified atom stereocenters. The van der Waals surface area contributed by atoms with Crippen LogP contribution < -0.4 is 0 Å². The fourth-order valence-corrected chi connectivity index (χ4v) is 2.01. The van der Waals surface area contributed by atoms with Gasteiger partial charge in [0.2, 0.25) is 0 Å². The van der Waals surface area contributed by atoms with E-state index in [1.54, 1.807) is 12.1 Å². The summed E-state index contributed by atoms with van der Waals surface area (Å²) in [5, 5.41) is 18.1. The van der Waals surface area contributed by atoms with Crippen molar-refractivity contribution in [2.45, 2.75) is 6.92 Å². The van der Waals surface area contributed by atoms with Crippen LogP contribution in [0.1, 0.15) is 15.9 Å². The van der Waals surface area contributed by atoms with E-state index in [9.17, 15) is 9.59 Å². The molecular formula is C13H15NO4. The minimum atomic E-state index is -1.18. The number of carboxylic acid groups (broad SMARTS) is 1. The number of aliphatic hydroxyl groups is 1. The van der Waals surface area contributed by atoms with E-state index in [-0.39, 0.29) is 19.0 Å². The Hall–Kier alpha value is -1.88. The maximum atomic E-state index is 12.0. The third-order valence-corrected chi connectivity index (χ3v) is 3.33. The monoisotopic (exact) mass is 249 g/mol. The normalized spacial score (nSPS) is 17.1. The predicted octanol–water partition coefficient (Wildman–Crippen LogP) is 0.514. The molecule has 1 amide bonds. The second kappa shape index (κ2) is 4.42. The van der Waals surface area contributed by atoms with E-state index in [0.29, 0.717) is 5.56 Å². The smallest absolute Gasteiger partial charge is 0.315 e. The van der Waals surface area contributed by atoms with Gasteiger partial charge in [-0.1, -0.05) is 17.7 Å². The van der Waals surface area contributed by atoms with Gasteiger partial charge in [0.1, 0.15) is 5.41 Å². The molecule has 2 rings (SSSR count). The average molecular weight is 249 g/mol. The van der Waals surface area contributed by atoms with E-state index in [4.69, 9.17) is 10.2 Å². The molecule has 1 saturated heterocycles. The summed E-state index contributed by atoms with van der Waals surface area (Å²) in [6.07, 6.45) is 0. The van der Waals surface area contributed by atoms with Gasteiger partial charge < -0.3 is 15.1 Å². The van der Waals surface area contributed by atoms with Crippen LogP contribution in [-0.2, 0) is 4.79 Å². The summed E-state index contributed by atoms with van der Waals surface area (Å²) in [7, 11) is 0. The first kappa shape index (κ1) is 12.6. The number of aliphatic carboxylic acids is 1. The number of carbonyl (C=O) groups excluding carboxylic acids is 1. The molecule has 0 atom stereocenters. The van der Waals surface area contributed by atoms with Crippen molar-refractivity contribution in [1.82, 2.24) is 4.90 Å². The van der Waals surface area contributed by atoms with Gasteiger partial charge in [-0.05, 0) is 19.1 Å². The fraction of sp³-hybridized carbons (Fsp3) is 0.385. The van der Waals surface area contributed by atoms with Crippen LogP contribution in [0.15, 0.2) is 24.3 Å². The first-order valence-corrected chi connectivity index (χ1v) is 5.69. The van der Waals surface area contributed by atoms with E-state index >= 15 is 0 Å². The molecule has 1 fully saturated rings. The van der Waals surface area contributed by atoms with E-state index in [1.165, 1.54) is 4.90 Å². The van der Waals surface area contributed by atoms with Gasteiger partial charge in [-0.2, -0.15) is 0 Å². The Labute approximate surface area is 105 Å². The average Bonchev–Trinajstić information content (AvgIpc) is 2.28. The number of hydrogen-bond donors (Lipinski definition) is 2. The molecule has 0 spiro atoms. The summed E-state index contributed by atoms with van der Waals surface area (Å²) >= 11 is 0.